The van der Waals surface area contributed by atoms with Crippen molar-refractivity contribution in [3.8, 4) is 6.07 Å². The van der Waals surface area contributed by atoms with Crippen molar-refractivity contribution >= 4 is 25.3 Å². The van der Waals surface area contributed by atoms with Crippen LogP contribution in [0.1, 0.15) is 27.8 Å². The van der Waals surface area contributed by atoms with Gasteiger partial charge >= 0.3 is 0 Å². The Balaban J connectivity index is 0.000000152. The summed E-state index contributed by atoms with van der Waals surface area (Å²) in [5.74, 6) is 0. The van der Waals surface area contributed by atoms with Gasteiger partial charge in [-0.25, -0.2) is 0 Å². The van der Waals surface area contributed by atoms with Gasteiger partial charge in [-0.05, 0) is 24.0 Å². The van der Waals surface area contributed by atoms with Crippen molar-refractivity contribution in [1.29, 1.82) is 5.26 Å². The van der Waals surface area contributed by atoms with E-state index in [4.69, 9.17) is 14.7 Å². The lowest BCUT2D eigenvalue weighted by molar-refractivity contribution is 0.108. The molecule has 0 atom stereocenters. The predicted octanol–water partition coefficient (Wildman–Crippen LogP) is 1.34. The van der Waals surface area contributed by atoms with Crippen LogP contribution in [0.15, 0.2) is 25.7 Å². The Kier molecular flexibility index (Phi) is 5.88. The molecule has 0 bridgehead atoms. The third-order valence-corrected chi connectivity index (χ3v) is 5.01. The van der Waals surface area contributed by atoms with E-state index in [0.29, 0.717) is 42.9 Å². The molecular formula is C17H17N3O4S2. The molecule has 0 fully saturated rings. The number of nitrogens with zero attached hydrogens (tertiary/aromatic N) is 1. The number of nitriles is 1. The number of fused-ring (bicyclic) bond motifs is 2. The molecule has 0 spiro atoms. The molecule has 0 saturated heterocycles. The van der Waals surface area contributed by atoms with Crippen LogP contribution in [0.5, 0.6) is 0 Å². The van der Waals surface area contributed by atoms with Gasteiger partial charge in [0, 0.05) is 17.2 Å². The fourth-order valence-corrected chi connectivity index (χ4v) is 3.56. The first-order valence-corrected chi connectivity index (χ1v) is 8.87. The number of aromatic nitrogens is 2. The molecule has 7 nitrogen and oxygen atoms in total. The summed E-state index contributed by atoms with van der Waals surface area (Å²) >= 11 is 8.32. The molecule has 9 heteroatoms. The van der Waals surface area contributed by atoms with Gasteiger partial charge in [0.15, 0.2) is 0 Å². The number of thiol groups is 2. The minimum atomic E-state index is -0.363. The summed E-state index contributed by atoms with van der Waals surface area (Å²) in [7, 11) is 0. The van der Waals surface area contributed by atoms with Crippen LogP contribution in [-0.4, -0.2) is 23.2 Å². The van der Waals surface area contributed by atoms with Gasteiger partial charge in [0.05, 0.1) is 36.5 Å². The van der Waals surface area contributed by atoms with Crippen molar-refractivity contribution in [2.24, 2.45) is 0 Å². The third kappa shape index (κ3) is 3.88. The zero-order valence-corrected chi connectivity index (χ0v) is 15.6. The summed E-state index contributed by atoms with van der Waals surface area (Å²) in [6.07, 6.45) is 1.42. The van der Waals surface area contributed by atoms with Crippen LogP contribution in [-0.2, 0) is 35.5 Å². The standard InChI is InChI=1S/C9H8N2O2S.C8H9NO2S/c10-3-6-5-1-2-13-4-7(5)9(14)11-8(6)12;10-7-3-5-1-2-11-4-6(5)8(12)9-7/h1-2,4H2,(H2,11,12,14);3H,1-2,4H2,(H2,9,10,12). The zero-order chi connectivity index (χ0) is 18.7. The molecule has 0 amide bonds. The molecule has 0 unspecified atom stereocenters. The number of nitrogens with one attached hydrogen (secondary N) is 2. The predicted molar refractivity (Wildman–Crippen MR) is 100 cm³/mol. The van der Waals surface area contributed by atoms with Crippen LogP contribution in [0, 0.1) is 11.3 Å². The Morgan fingerprint density at radius 3 is 2.35 bits per heavy atom. The zero-order valence-electron chi connectivity index (χ0n) is 13.8. The largest absolute Gasteiger partial charge is 0.376 e. The summed E-state index contributed by atoms with van der Waals surface area (Å²) in [6, 6.07) is 3.54. The van der Waals surface area contributed by atoms with Gasteiger partial charge in [0.1, 0.15) is 11.6 Å². The number of aromatic amines is 2. The smallest absolute Gasteiger partial charge is 0.267 e. The molecule has 0 aromatic carbocycles. The fraction of sp³-hybridized carbons (Fsp3) is 0.353. The van der Waals surface area contributed by atoms with E-state index in [2.05, 4.69) is 35.2 Å². The summed E-state index contributed by atoms with van der Waals surface area (Å²) in [4.78, 5) is 27.5. The van der Waals surface area contributed by atoms with E-state index in [-0.39, 0.29) is 16.7 Å². The Bertz CT molecular complexity index is 991. The Morgan fingerprint density at radius 2 is 1.62 bits per heavy atom. The Hall–Kier alpha value is -1.99. The highest BCUT2D eigenvalue weighted by Gasteiger charge is 2.19. The van der Waals surface area contributed by atoms with Gasteiger partial charge < -0.3 is 19.4 Å². The van der Waals surface area contributed by atoms with Gasteiger partial charge in [-0.2, -0.15) is 5.26 Å². The lowest BCUT2D eigenvalue weighted by atomic mass is 10.0. The molecule has 0 aliphatic carbocycles. The first-order valence-electron chi connectivity index (χ1n) is 7.98. The first kappa shape index (κ1) is 18.8. The highest BCUT2D eigenvalue weighted by molar-refractivity contribution is 7.80. The second kappa shape index (κ2) is 8.14. The van der Waals surface area contributed by atoms with Crippen molar-refractivity contribution in [2.45, 2.75) is 36.1 Å². The molecule has 136 valence electrons. The number of hydrogen-bond acceptors (Lipinski definition) is 7. The van der Waals surface area contributed by atoms with Crippen molar-refractivity contribution < 1.29 is 9.47 Å². The van der Waals surface area contributed by atoms with Crippen LogP contribution in [0.3, 0.4) is 0 Å². The van der Waals surface area contributed by atoms with E-state index in [1.807, 2.05) is 6.07 Å². The maximum Gasteiger partial charge on any atom is 0.267 e. The van der Waals surface area contributed by atoms with Gasteiger partial charge in [-0.15, -0.1) is 25.3 Å². The molecule has 0 radical (unpaired) electrons. The molecular weight excluding hydrogens is 374 g/mol. The molecule has 4 rings (SSSR count). The highest BCUT2D eigenvalue weighted by atomic mass is 32.1. The quantitative estimate of drug-likeness (QED) is 0.507. The average Bonchev–Trinajstić information content (AvgIpc) is 2.62. The van der Waals surface area contributed by atoms with Crippen LogP contribution < -0.4 is 11.1 Å². The lowest BCUT2D eigenvalue weighted by Gasteiger charge is -2.18. The first-order chi connectivity index (χ1) is 12.5. The van der Waals surface area contributed by atoms with Gasteiger partial charge in [-0.3, -0.25) is 9.59 Å². The van der Waals surface area contributed by atoms with Crippen molar-refractivity contribution in [1.82, 2.24) is 9.97 Å². The summed E-state index contributed by atoms with van der Waals surface area (Å²) in [5.41, 5.74) is 3.45. The van der Waals surface area contributed by atoms with E-state index in [1.54, 1.807) is 6.07 Å². The molecule has 2 aromatic heterocycles. The minimum absolute atomic E-state index is 0.0827. The Morgan fingerprint density at radius 1 is 0.962 bits per heavy atom. The summed E-state index contributed by atoms with van der Waals surface area (Å²) in [5, 5.41) is 9.97. The summed E-state index contributed by atoms with van der Waals surface area (Å²) < 4.78 is 10.5. The van der Waals surface area contributed by atoms with Crippen LogP contribution in [0.2, 0.25) is 0 Å². The molecule has 2 aromatic rings. The highest BCUT2D eigenvalue weighted by Crippen LogP contribution is 2.22. The fourth-order valence-electron chi connectivity index (χ4n) is 2.94. The van der Waals surface area contributed by atoms with E-state index in [0.717, 1.165) is 28.7 Å². The van der Waals surface area contributed by atoms with Crippen LogP contribution in [0.25, 0.3) is 0 Å². The van der Waals surface area contributed by atoms with E-state index in [1.165, 1.54) is 0 Å². The van der Waals surface area contributed by atoms with Crippen molar-refractivity contribution in [2.75, 3.05) is 13.2 Å². The number of hydrogen-bond donors (Lipinski definition) is 4. The molecule has 2 N–H and O–H groups in total. The van der Waals surface area contributed by atoms with E-state index in [9.17, 15) is 9.59 Å². The maximum absolute atomic E-state index is 11.4. The normalized spacial score (nSPS) is 15.1. The second-order valence-corrected chi connectivity index (χ2v) is 6.73. The number of pyridine rings is 2. The van der Waals surface area contributed by atoms with Gasteiger partial charge in [-0.1, -0.05) is 0 Å². The molecule has 2 aliphatic heterocycles. The topological polar surface area (TPSA) is 108 Å². The second-order valence-electron chi connectivity index (χ2n) is 5.84. The average molecular weight is 391 g/mol. The Labute approximate surface area is 160 Å². The minimum Gasteiger partial charge on any atom is -0.376 e. The SMILES string of the molecule is N#Cc1c2c(c(S)[nH]c1=O)COCC2.O=c1cc2c(c(S)[nH]1)COCC2. The third-order valence-electron chi connectivity index (χ3n) is 4.25. The van der Waals surface area contributed by atoms with Crippen molar-refractivity contribution in [3.63, 3.8) is 0 Å². The van der Waals surface area contributed by atoms with Gasteiger partial charge in [0.2, 0.25) is 5.56 Å². The van der Waals surface area contributed by atoms with E-state index < -0.39 is 0 Å². The molecule has 4 heterocycles. The molecule has 0 saturated carbocycles. The monoisotopic (exact) mass is 391 g/mol. The number of H-pyrrole nitrogens is 2. The van der Waals surface area contributed by atoms with Crippen molar-refractivity contribution in [3.05, 3.63) is 54.6 Å². The maximum atomic E-state index is 11.4. The van der Waals surface area contributed by atoms with E-state index >= 15 is 0 Å². The lowest BCUT2D eigenvalue weighted by Crippen LogP contribution is -2.21. The molecule has 2 aliphatic rings. The molecule has 26 heavy (non-hydrogen) atoms. The summed E-state index contributed by atoms with van der Waals surface area (Å²) in [6.45, 7) is 2.23. The van der Waals surface area contributed by atoms with Crippen LogP contribution >= 0.6 is 25.3 Å². The van der Waals surface area contributed by atoms with Crippen LogP contribution in [0.4, 0.5) is 0 Å². The number of ether oxygens (including phenoxy) is 2. The number of rotatable bonds is 0. The van der Waals surface area contributed by atoms with Gasteiger partial charge in [0.25, 0.3) is 5.56 Å².